The van der Waals surface area contributed by atoms with Gasteiger partial charge in [0.15, 0.2) is 0 Å². The first kappa shape index (κ1) is 12.3. The lowest BCUT2D eigenvalue weighted by atomic mass is 10.0. The van der Waals surface area contributed by atoms with E-state index in [1.54, 1.807) is 17.5 Å². The normalized spacial score (nSPS) is 12.7. The molecular formula is C16H15NOS. The smallest absolute Gasteiger partial charge is 0.0793 e. The van der Waals surface area contributed by atoms with Crippen LogP contribution in [-0.2, 0) is 6.42 Å². The minimum atomic E-state index is -0.412. The van der Waals surface area contributed by atoms with Gasteiger partial charge in [0.25, 0.3) is 0 Å². The third-order valence-corrected chi connectivity index (χ3v) is 4.03. The molecule has 1 atom stereocenters. The van der Waals surface area contributed by atoms with Crippen molar-refractivity contribution in [3.63, 3.8) is 0 Å². The lowest BCUT2D eigenvalue weighted by Gasteiger charge is -2.11. The number of hydrogen-bond acceptors (Lipinski definition) is 3. The Hall–Kier alpha value is -1.71. The number of rotatable bonds is 4. The highest BCUT2D eigenvalue weighted by atomic mass is 32.1. The van der Waals surface area contributed by atoms with Crippen LogP contribution in [0.1, 0.15) is 23.7 Å². The number of hydrogen-bond donors (Lipinski definition) is 1. The van der Waals surface area contributed by atoms with E-state index in [9.17, 15) is 5.11 Å². The molecule has 0 bridgehead atoms. The molecule has 0 spiro atoms. The second kappa shape index (κ2) is 5.51. The molecule has 0 amide bonds. The van der Waals surface area contributed by atoms with E-state index in [1.807, 2.05) is 30.3 Å². The van der Waals surface area contributed by atoms with Gasteiger partial charge in [-0.05, 0) is 59.0 Å². The van der Waals surface area contributed by atoms with Crippen LogP contribution in [-0.4, -0.2) is 10.1 Å². The maximum Gasteiger partial charge on any atom is 0.0793 e. The number of aryl methyl sites for hydroxylation is 1. The Morgan fingerprint density at radius 2 is 2.16 bits per heavy atom. The van der Waals surface area contributed by atoms with Gasteiger partial charge in [-0.1, -0.05) is 12.1 Å². The van der Waals surface area contributed by atoms with E-state index in [2.05, 4.69) is 21.8 Å². The molecular weight excluding hydrogens is 254 g/mol. The van der Waals surface area contributed by atoms with Crippen molar-refractivity contribution in [2.45, 2.75) is 18.9 Å². The first-order chi connectivity index (χ1) is 9.33. The maximum absolute atomic E-state index is 10.3. The minimum absolute atomic E-state index is 0.412. The van der Waals surface area contributed by atoms with Crippen LogP contribution in [0.3, 0.4) is 0 Å². The summed E-state index contributed by atoms with van der Waals surface area (Å²) in [7, 11) is 0. The number of nitrogens with zero attached hydrogens (tertiary/aromatic N) is 1. The minimum Gasteiger partial charge on any atom is -0.388 e. The fourth-order valence-corrected chi connectivity index (χ4v) is 2.91. The predicted molar refractivity (Wildman–Crippen MR) is 79.3 cm³/mol. The van der Waals surface area contributed by atoms with Crippen molar-refractivity contribution in [1.29, 1.82) is 0 Å². The number of benzene rings is 1. The van der Waals surface area contributed by atoms with Crippen LogP contribution in [0.15, 0.2) is 53.4 Å². The van der Waals surface area contributed by atoms with Crippen LogP contribution in [0.25, 0.3) is 10.9 Å². The van der Waals surface area contributed by atoms with Gasteiger partial charge in [0.2, 0.25) is 0 Å². The first-order valence-electron chi connectivity index (χ1n) is 6.37. The van der Waals surface area contributed by atoms with Crippen LogP contribution in [0.4, 0.5) is 0 Å². The van der Waals surface area contributed by atoms with E-state index < -0.39 is 6.10 Å². The second-order valence-corrected chi connectivity index (χ2v) is 5.42. The molecule has 2 heterocycles. The zero-order valence-electron chi connectivity index (χ0n) is 10.5. The largest absolute Gasteiger partial charge is 0.388 e. The molecule has 1 aromatic carbocycles. The van der Waals surface area contributed by atoms with Crippen LogP contribution >= 0.6 is 11.3 Å². The number of aromatic nitrogens is 1. The number of pyridine rings is 1. The van der Waals surface area contributed by atoms with E-state index >= 15 is 0 Å². The molecule has 1 N–H and O–H groups in total. The van der Waals surface area contributed by atoms with Crippen molar-refractivity contribution in [1.82, 2.24) is 4.98 Å². The average molecular weight is 269 g/mol. The highest BCUT2D eigenvalue weighted by Gasteiger charge is 2.08. The molecule has 0 aliphatic carbocycles. The fraction of sp³-hybridized carbons (Fsp3) is 0.188. The van der Waals surface area contributed by atoms with E-state index in [4.69, 9.17) is 0 Å². The van der Waals surface area contributed by atoms with Crippen LogP contribution in [0.5, 0.6) is 0 Å². The Morgan fingerprint density at radius 3 is 3.00 bits per heavy atom. The third-order valence-electron chi connectivity index (χ3n) is 3.30. The lowest BCUT2D eigenvalue weighted by Crippen LogP contribution is -1.99. The molecule has 0 aliphatic heterocycles. The predicted octanol–water partition coefficient (Wildman–Crippen LogP) is 3.96. The van der Waals surface area contributed by atoms with Crippen LogP contribution in [0.2, 0.25) is 0 Å². The summed E-state index contributed by atoms with van der Waals surface area (Å²) in [5.74, 6) is 0. The molecule has 0 radical (unpaired) electrons. The SMILES string of the molecule is OC(CCc1ccsc1)c1ccc2ncccc2c1. The van der Waals surface area contributed by atoms with Gasteiger partial charge >= 0.3 is 0 Å². The Bertz CT molecular complexity index is 663. The summed E-state index contributed by atoms with van der Waals surface area (Å²) in [4.78, 5) is 4.29. The molecule has 0 saturated carbocycles. The second-order valence-electron chi connectivity index (χ2n) is 4.64. The highest BCUT2D eigenvalue weighted by molar-refractivity contribution is 7.07. The van der Waals surface area contributed by atoms with Gasteiger partial charge in [-0.2, -0.15) is 11.3 Å². The molecule has 19 heavy (non-hydrogen) atoms. The molecule has 0 fully saturated rings. The summed E-state index contributed by atoms with van der Waals surface area (Å²) in [6.07, 6.45) is 3.04. The van der Waals surface area contributed by atoms with Gasteiger partial charge < -0.3 is 5.11 Å². The molecule has 1 unspecified atom stereocenters. The highest BCUT2D eigenvalue weighted by Crippen LogP contribution is 2.23. The Morgan fingerprint density at radius 1 is 1.21 bits per heavy atom. The van der Waals surface area contributed by atoms with Crippen LogP contribution in [0, 0.1) is 0 Å². The lowest BCUT2D eigenvalue weighted by molar-refractivity contribution is 0.168. The van der Waals surface area contributed by atoms with Crippen LogP contribution < -0.4 is 0 Å². The molecule has 2 nitrogen and oxygen atoms in total. The van der Waals surface area contributed by atoms with Crippen molar-refractivity contribution in [3.8, 4) is 0 Å². The Labute approximate surface area is 116 Å². The molecule has 0 saturated heterocycles. The van der Waals surface area contributed by atoms with Crippen molar-refractivity contribution >= 4 is 22.2 Å². The van der Waals surface area contributed by atoms with Crippen molar-refractivity contribution in [3.05, 3.63) is 64.5 Å². The molecule has 0 aliphatic rings. The van der Waals surface area contributed by atoms with E-state index in [0.29, 0.717) is 0 Å². The summed E-state index contributed by atoms with van der Waals surface area (Å²) in [6.45, 7) is 0. The molecule has 3 rings (SSSR count). The zero-order chi connectivity index (χ0) is 13.1. The summed E-state index contributed by atoms with van der Waals surface area (Å²) in [5, 5.41) is 15.5. The summed E-state index contributed by atoms with van der Waals surface area (Å²) in [6, 6.07) is 12.0. The van der Waals surface area contributed by atoms with Crippen molar-refractivity contribution < 1.29 is 5.11 Å². The van der Waals surface area contributed by atoms with E-state index in [1.165, 1.54) is 5.56 Å². The Balaban J connectivity index is 1.75. The molecule has 2 aromatic heterocycles. The third kappa shape index (κ3) is 2.83. The summed E-state index contributed by atoms with van der Waals surface area (Å²) >= 11 is 1.70. The number of aliphatic hydroxyl groups excluding tert-OH is 1. The standard InChI is InChI=1S/C16H15NOS/c18-16(6-3-12-7-9-19-11-12)14-4-5-15-13(10-14)2-1-8-17-15/h1-2,4-5,7-11,16,18H,3,6H2. The number of fused-ring (bicyclic) bond motifs is 1. The molecule has 96 valence electrons. The van der Waals surface area contributed by atoms with Gasteiger partial charge in [-0.3, -0.25) is 4.98 Å². The monoisotopic (exact) mass is 269 g/mol. The van der Waals surface area contributed by atoms with Gasteiger partial charge in [-0.25, -0.2) is 0 Å². The zero-order valence-corrected chi connectivity index (χ0v) is 11.3. The topological polar surface area (TPSA) is 33.1 Å². The first-order valence-corrected chi connectivity index (χ1v) is 7.31. The van der Waals surface area contributed by atoms with Gasteiger partial charge in [0, 0.05) is 11.6 Å². The van der Waals surface area contributed by atoms with E-state index in [0.717, 1.165) is 29.3 Å². The molecule has 3 aromatic rings. The number of aliphatic hydroxyl groups is 1. The van der Waals surface area contributed by atoms with Crippen molar-refractivity contribution in [2.75, 3.05) is 0 Å². The maximum atomic E-state index is 10.3. The quantitative estimate of drug-likeness (QED) is 0.777. The summed E-state index contributed by atoms with van der Waals surface area (Å²) < 4.78 is 0. The molecule has 3 heteroatoms. The van der Waals surface area contributed by atoms with Crippen molar-refractivity contribution in [2.24, 2.45) is 0 Å². The van der Waals surface area contributed by atoms with Gasteiger partial charge in [0.05, 0.1) is 11.6 Å². The van der Waals surface area contributed by atoms with Gasteiger partial charge in [-0.15, -0.1) is 0 Å². The Kier molecular flexibility index (Phi) is 3.58. The fourth-order valence-electron chi connectivity index (χ4n) is 2.21. The van der Waals surface area contributed by atoms with E-state index in [-0.39, 0.29) is 0 Å². The average Bonchev–Trinajstić information content (AvgIpc) is 2.97. The number of thiophene rings is 1. The summed E-state index contributed by atoms with van der Waals surface area (Å²) in [5.41, 5.74) is 3.23. The van der Waals surface area contributed by atoms with Gasteiger partial charge in [0.1, 0.15) is 0 Å².